The van der Waals surface area contributed by atoms with E-state index >= 15 is 0 Å². The summed E-state index contributed by atoms with van der Waals surface area (Å²) < 4.78 is 1.58. The zero-order chi connectivity index (χ0) is 16.9. The van der Waals surface area contributed by atoms with Gasteiger partial charge >= 0.3 is 0 Å². The summed E-state index contributed by atoms with van der Waals surface area (Å²) in [6.45, 7) is 5.25. The van der Waals surface area contributed by atoms with Gasteiger partial charge in [-0.1, -0.05) is 0 Å². The Kier molecular flexibility index (Phi) is 3.17. The molecule has 3 heterocycles. The fourth-order valence-electron chi connectivity index (χ4n) is 2.69. The lowest BCUT2D eigenvalue weighted by molar-refractivity contribution is 0.100. The van der Waals surface area contributed by atoms with Crippen LogP contribution in [0.25, 0.3) is 16.7 Å². The number of pyridine rings is 1. The minimum atomic E-state index is -0.665. The van der Waals surface area contributed by atoms with Gasteiger partial charge in [0, 0.05) is 11.8 Å². The highest BCUT2D eigenvalue weighted by molar-refractivity contribution is 6.10. The number of rotatable bonds is 2. The SMILES string of the molecule is Cc1ncc2c(C(N)=O)c(N)n(-c3c(C)ncc(O)c3C)c2n1. The Morgan fingerprint density at radius 1 is 1.22 bits per heavy atom. The molecule has 5 N–H and O–H groups in total. The summed E-state index contributed by atoms with van der Waals surface area (Å²) in [7, 11) is 0. The van der Waals surface area contributed by atoms with Crippen LogP contribution in [0.4, 0.5) is 5.82 Å². The van der Waals surface area contributed by atoms with E-state index in [4.69, 9.17) is 11.5 Å². The van der Waals surface area contributed by atoms with Crippen LogP contribution in [0.1, 0.15) is 27.4 Å². The van der Waals surface area contributed by atoms with Crippen LogP contribution >= 0.6 is 0 Å². The highest BCUT2D eigenvalue weighted by Crippen LogP contribution is 2.34. The fourth-order valence-corrected chi connectivity index (χ4v) is 2.69. The molecule has 0 saturated heterocycles. The van der Waals surface area contributed by atoms with E-state index in [1.54, 1.807) is 25.3 Å². The molecule has 23 heavy (non-hydrogen) atoms. The molecule has 0 spiro atoms. The lowest BCUT2D eigenvalue weighted by Gasteiger charge is -2.14. The summed E-state index contributed by atoms with van der Waals surface area (Å²) in [6.07, 6.45) is 2.89. The number of hydrogen-bond acceptors (Lipinski definition) is 6. The average molecular weight is 312 g/mol. The largest absolute Gasteiger partial charge is 0.506 e. The maximum atomic E-state index is 11.8. The number of nitrogens with zero attached hydrogens (tertiary/aromatic N) is 4. The molecule has 3 rings (SSSR count). The number of aromatic nitrogens is 4. The summed E-state index contributed by atoms with van der Waals surface area (Å²) in [5.74, 6) is 0.0297. The second kappa shape index (κ2) is 4.94. The minimum absolute atomic E-state index is 0.0262. The van der Waals surface area contributed by atoms with E-state index in [1.807, 2.05) is 0 Å². The number of nitrogens with two attached hydrogens (primary N) is 2. The maximum absolute atomic E-state index is 11.8. The number of nitrogen functional groups attached to an aromatic ring is 1. The van der Waals surface area contributed by atoms with E-state index < -0.39 is 5.91 Å². The second-order valence-corrected chi connectivity index (χ2v) is 5.32. The third-order valence-electron chi connectivity index (χ3n) is 3.80. The van der Waals surface area contributed by atoms with Gasteiger partial charge in [0.25, 0.3) is 5.91 Å². The van der Waals surface area contributed by atoms with Gasteiger partial charge in [-0.25, -0.2) is 9.97 Å². The number of primary amides is 1. The first-order valence-corrected chi connectivity index (χ1v) is 6.91. The lowest BCUT2D eigenvalue weighted by Crippen LogP contribution is -2.14. The van der Waals surface area contributed by atoms with E-state index in [2.05, 4.69) is 15.0 Å². The highest BCUT2D eigenvalue weighted by atomic mass is 16.3. The molecule has 0 aliphatic heterocycles. The number of carbonyl (C=O) groups is 1. The third kappa shape index (κ3) is 2.07. The quantitative estimate of drug-likeness (QED) is 0.649. The van der Waals surface area contributed by atoms with Crippen LogP contribution in [0.15, 0.2) is 12.4 Å². The molecule has 3 aromatic heterocycles. The van der Waals surface area contributed by atoms with Crippen LogP contribution in [-0.2, 0) is 0 Å². The van der Waals surface area contributed by atoms with Crippen LogP contribution < -0.4 is 11.5 Å². The van der Waals surface area contributed by atoms with Gasteiger partial charge in [-0.2, -0.15) is 0 Å². The van der Waals surface area contributed by atoms with E-state index in [0.717, 1.165) is 0 Å². The smallest absolute Gasteiger partial charge is 0.253 e. The summed E-state index contributed by atoms with van der Waals surface area (Å²) in [5, 5.41) is 10.4. The van der Waals surface area contributed by atoms with Crippen LogP contribution in [0, 0.1) is 20.8 Å². The Bertz CT molecular complexity index is 960. The van der Waals surface area contributed by atoms with Gasteiger partial charge in [0.05, 0.1) is 28.5 Å². The molecule has 1 amide bonds. The van der Waals surface area contributed by atoms with Crippen molar-refractivity contribution in [2.24, 2.45) is 5.73 Å². The van der Waals surface area contributed by atoms with Gasteiger partial charge in [-0.3, -0.25) is 14.3 Å². The van der Waals surface area contributed by atoms with Crippen molar-refractivity contribution in [3.8, 4) is 11.4 Å². The molecular formula is C15H16N6O2. The van der Waals surface area contributed by atoms with Crippen LogP contribution in [0.3, 0.4) is 0 Å². The van der Waals surface area contributed by atoms with Gasteiger partial charge in [-0.05, 0) is 20.8 Å². The van der Waals surface area contributed by atoms with E-state index in [1.165, 1.54) is 12.4 Å². The lowest BCUT2D eigenvalue weighted by atomic mass is 10.2. The van der Waals surface area contributed by atoms with Crippen molar-refractivity contribution in [2.75, 3.05) is 5.73 Å². The Labute approximate surface area is 131 Å². The van der Waals surface area contributed by atoms with Crippen molar-refractivity contribution in [3.63, 3.8) is 0 Å². The number of aryl methyl sites for hydroxylation is 2. The molecule has 0 atom stereocenters. The maximum Gasteiger partial charge on any atom is 0.253 e. The van der Waals surface area contributed by atoms with Gasteiger partial charge < -0.3 is 16.6 Å². The van der Waals surface area contributed by atoms with Crippen LogP contribution in [0.5, 0.6) is 5.75 Å². The first-order chi connectivity index (χ1) is 10.8. The monoisotopic (exact) mass is 312 g/mol. The van der Waals surface area contributed by atoms with Crippen molar-refractivity contribution in [2.45, 2.75) is 20.8 Å². The average Bonchev–Trinajstić information content (AvgIpc) is 2.76. The Morgan fingerprint density at radius 2 is 1.91 bits per heavy atom. The normalized spacial score (nSPS) is 11.1. The molecule has 8 heteroatoms. The van der Waals surface area contributed by atoms with Crippen molar-refractivity contribution in [3.05, 3.63) is 35.0 Å². The fraction of sp³-hybridized carbons (Fsp3) is 0.200. The molecule has 8 nitrogen and oxygen atoms in total. The summed E-state index contributed by atoms with van der Waals surface area (Å²) in [5.41, 5.74) is 14.0. The zero-order valence-electron chi connectivity index (χ0n) is 13.0. The number of fused-ring (bicyclic) bond motifs is 1. The topological polar surface area (TPSA) is 133 Å². The first-order valence-electron chi connectivity index (χ1n) is 6.91. The van der Waals surface area contributed by atoms with E-state index in [-0.39, 0.29) is 17.1 Å². The molecule has 0 bridgehead atoms. The highest BCUT2D eigenvalue weighted by Gasteiger charge is 2.24. The molecule has 0 radical (unpaired) electrons. The minimum Gasteiger partial charge on any atom is -0.506 e. The Balaban J connectivity index is 2.53. The summed E-state index contributed by atoms with van der Waals surface area (Å²) in [4.78, 5) is 24.5. The summed E-state index contributed by atoms with van der Waals surface area (Å²) >= 11 is 0. The van der Waals surface area contributed by atoms with Gasteiger partial charge in [0.15, 0.2) is 5.65 Å². The van der Waals surface area contributed by atoms with Crippen molar-refractivity contribution in [1.29, 1.82) is 0 Å². The number of carbonyl (C=O) groups excluding carboxylic acids is 1. The second-order valence-electron chi connectivity index (χ2n) is 5.32. The number of anilines is 1. The van der Waals surface area contributed by atoms with Gasteiger partial charge in [0.1, 0.15) is 17.4 Å². The molecule has 0 unspecified atom stereocenters. The van der Waals surface area contributed by atoms with Gasteiger partial charge in [-0.15, -0.1) is 0 Å². The standard InChI is InChI=1S/C15H16N6O2/c1-6-10(22)5-18-7(2)12(6)21-13(16)11(14(17)23)9-4-19-8(3)20-15(9)21/h4-5,22H,16H2,1-3H3,(H2,17,23). The Morgan fingerprint density at radius 3 is 2.57 bits per heavy atom. The molecule has 0 aromatic carbocycles. The number of amides is 1. The van der Waals surface area contributed by atoms with Crippen LogP contribution in [0.2, 0.25) is 0 Å². The zero-order valence-corrected chi connectivity index (χ0v) is 13.0. The van der Waals surface area contributed by atoms with Crippen molar-refractivity contribution in [1.82, 2.24) is 19.5 Å². The predicted octanol–water partition coefficient (Wildman–Crippen LogP) is 1.13. The first kappa shape index (κ1) is 14.8. The van der Waals surface area contributed by atoms with Crippen molar-refractivity contribution < 1.29 is 9.90 Å². The molecule has 0 aliphatic carbocycles. The predicted molar refractivity (Wildman–Crippen MR) is 85.5 cm³/mol. The van der Waals surface area contributed by atoms with E-state index in [0.29, 0.717) is 33.8 Å². The molecular weight excluding hydrogens is 296 g/mol. The molecule has 0 saturated carbocycles. The van der Waals surface area contributed by atoms with Crippen LogP contribution in [-0.4, -0.2) is 30.5 Å². The molecule has 0 aliphatic rings. The van der Waals surface area contributed by atoms with Crippen molar-refractivity contribution >= 4 is 22.8 Å². The molecule has 118 valence electrons. The Hall–Kier alpha value is -3.16. The van der Waals surface area contributed by atoms with E-state index in [9.17, 15) is 9.90 Å². The molecule has 3 aromatic rings. The number of aromatic hydroxyl groups is 1. The third-order valence-corrected chi connectivity index (χ3v) is 3.80. The number of hydrogen-bond donors (Lipinski definition) is 3. The summed E-state index contributed by atoms with van der Waals surface area (Å²) in [6, 6.07) is 0. The van der Waals surface area contributed by atoms with Gasteiger partial charge in [0.2, 0.25) is 0 Å². The molecule has 0 fully saturated rings.